The average Bonchev–Trinajstić information content (AvgIpc) is 3.35. The highest BCUT2D eigenvalue weighted by atomic mass is 32.1. The number of rotatable bonds is 4. The summed E-state index contributed by atoms with van der Waals surface area (Å²) in [5.41, 5.74) is 2.73. The lowest BCUT2D eigenvalue weighted by molar-refractivity contribution is 0.0697. The van der Waals surface area contributed by atoms with Crippen LogP contribution in [0.5, 0.6) is 0 Å². The van der Waals surface area contributed by atoms with Gasteiger partial charge >= 0.3 is 5.97 Å². The van der Waals surface area contributed by atoms with E-state index in [9.17, 15) is 10.1 Å². The van der Waals surface area contributed by atoms with Crippen LogP contribution in [-0.2, 0) is 12.8 Å². The number of carboxylic acid groups (broad SMARTS) is 1. The van der Waals surface area contributed by atoms with Crippen LogP contribution in [0.4, 0.5) is 5.00 Å². The molecular weight excluding hydrogens is 348 g/mol. The molecule has 128 valence electrons. The molecule has 2 aromatic heterocycles. The number of benzene rings is 1. The summed E-state index contributed by atoms with van der Waals surface area (Å²) < 4.78 is 5.76. The first-order valence-electron chi connectivity index (χ1n) is 8.18. The van der Waals surface area contributed by atoms with E-state index in [4.69, 9.17) is 9.52 Å². The van der Waals surface area contributed by atoms with Crippen LogP contribution in [0.3, 0.4) is 0 Å². The van der Waals surface area contributed by atoms with Gasteiger partial charge in [-0.05, 0) is 49.1 Å². The van der Waals surface area contributed by atoms with E-state index in [-0.39, 0.29) is 5.56 Å². The number of hydrogen-bond acceptors (Lipinski definition) is 5. The van der Waals surface area contributed by atoms with Crippen molar-refractivity contribution in [2.24, 2.45) is 4.99 Å². The van der Waals surface area contributed by atoms with Crippen LogP contribution in [0.25, 0.3) is 11.3 Å². The summed E-state index contributed by atoms with van der Waals surface area (Å²) in [5, 5.41) is 19.2. The lowest BCUT2D eigenvalue weighted by Crippen LogP contribution is -1.95. The third-order valence-corrected chi connectivity index (χ3v) is 5.54. The highest BCUT2D eigenvalue weighted by molar-refractivity contribution is 7.16. The van der Waals surface area contributed by atoms with E-state index >= 15 is 0 Å². The van der Waals surface area contributed by atoms with Gasteiger partial charge in [0.1, 0.15) is 22.6 Å². The van der Waals surface area contributed by atoms with Crippen LogP contribution >= 0.6 is 11.3 Å². The standard InChI is InChI=1S/C20H14N2O3S/c21-10-16-15-5-2-6-18(15)26-19(16)22-11-14-7-8-17(25-14)12-3-1-4-13(9-12)20(23)24/h1,3-4,7-9,11H,2,5-6H2,(H,23,24). The monoisotopic (exact) mass is 362 g/mol. The minimum Gasteiger partial charge on any atom is -0.478 e. The van der Waals surface area contributed by atoms with Crippen LogP contribution in [0.1, 0.15) is 38.5 Å². The Balaban J connectivity index is 1.60. The quantitative estimate of drug-likeness (QED) is 0.674. The predicted molar refractivity (Wildman–Crippen MR) is 99.4 cm³/mol. The van der Waals surface area contributed by atoms with Gasteiger partial charge in [-0.25, -0.2) is 9.79 Å². The number of aromatic carboxylic acids is 1. The van der Waals surface area contributed by atoms with Gasteiger partial charge in [-0.15, -0.1) is 11.3 Å². The SMILES string of the molecule is N#Cc1c(N=Cc2ccc(-c3cccc(C(=O)O)c3)o2)sc2c1CCC2. The zero-order valence-corrected chi connectivity index (χ0v) is 14.5. The number of carboxylic acids is 1. The number of nitriles is 1. The van der Waals surface area contributed by atoms with Gasteiger partial charge in [0.2, 0.25) is 0 Å². The van der Waals surface area contributed by atoms with Gasteiger partial charge in [0.25, 0.3) is 0 Å². The third kappa shape index (κ3) is 2.93. The molecular formula is C20H14N2O3S. The van der Waals surface area contributed by atoms with E-state index in [0.717, 1.165) is 29.8 Å². The molecule has 0 unspecified atom stereocenters. The Morgan fingerprint density at radius 3 is 3.00 bits per heavy atom. The molecule has 2 heterocycles. The molecule has 0 saturated carbocycles. The molecule has 1 aliphatic carbocycles. The van der Waals surface area contributed by atoms with Crippen molar-refractivity contribution in [3.63, 3.8) is 0 Å². The van der Waals surface area contributed by atoms with Crippen molar-refractivity contribution in [1.82, 2.24) is 0 Å². The molecule has 1 aliphatic rings. The number of aliphatic imine (C=N–C) groups is 1. The van der Waals surface area contributed by atoms with Gasteiger partial charge in [0, 0.05) is 10.4 Å². The lowest BCUT2D eigenvalue weighted by Gasteiger charge is -1.98. The summed E-state index contributed by atoms with van der Waals surface area (Å²) >= 11 is 1.57. The molecule has 0 aliphatic heterocycles. The second-order valence-electron chi connectivity index (χ2n) is 6.00. The van der Waals surface area contributed by atoms with Gasteiger partial charge in [-0.1, -0.05) is 12.1 Å². The zero-order valence-electron chi connectivity index (χ0n) is 13.7. The van der Waals surface area contributed by atoms with Crippen molar-refractivity contribution in [3.8, 4) is 17.4 Å². The number of hydrogen-bond donors (Lipinski definition) is 1. The summed E-state index contributed by atoms with van der Waals surface area (Å²) in [6, 6.07) is 12.4. The molecule has 0 bridgehead atoms. The molecule has 0 saturated heterocycles. The molecule has 0 amide bonds. The topological polar surface area (TPSA) is 86.6 Å². The number of aryl methyl sites for hydroxylation is 1. The van der Waals surface area contributed by atoms with Crippen LogP contribution < -0.4 is 0 Å². The lowest BCUT2D eigenvalue weighted by atomic mass is 10.1. The van der Waals surface area contributed by atoms with Crippen molar-refractivity contribution in [1.29, 1.82) is 5.26 Å². The first-order valence-corrected chi connectivity index (χ1v) is 8.99. The molecule has 5 nitrogen and oxygen atoms in total. The van der Waals surface area contributed by atoms with E-state index in [1.807, 2.05) is 0 Å². The van der Waals surface area contributed by atoms with Gasteiger partial charge < -0.3 is 9.52 Å². The second-order valence-corrected chi connectivity index (χ2v) is 7.08. The maximum absolute atomic E-state index is 11.1. The fourth-order valence-electron chi connectivity index (χ4n) is 3.10. The maximum Gasteiger partial charge on any atom is 0.335 e. The van der Waals surface area contributed by atoms with Crippen molar-refractivity contribution in [2.75, 3.05) is 0 Å². The van der Waals surface area contributed by atoms with E-state index < -0.39 is 5.97 Å². The van der Waals surface area contributed by atoms with Gasteiger partial charge in [-0.3, -0.25) is 0 Å². The van der Waals surface area contributed by atoms with Crippen LogP contribution in [-0.4, -0.2) is 17.3 Å². The van der Waals surface area contributed by atoms with Crippen molar-refractivity contribution < 1.29 is 14.3 Å². The number of carbonyl (C=O) groups is 1. The molecule has 1 N–H and O–H groups in total. The zero-order chi connectivity index (χ0) is 18.1. The van der Waals surface area contributed by atoms with Crippen molar-refractivity contribution in [3.05, 3.63) is 63.7 Å². The van der Waals surface area contributed by atoms with Crippen molar-refractivity contribution >= 4 is 28.5 Å². The van der Waals surface area contributed by atoms with Crippen LogP contribution in [0.15, 0.2) is 45.8 Å². The number of thiophene rings is 1. The molecule has 1 aromatic carbocycles. The smallest absolute Gasteiger partial charge is 0.335 e. The molecule has 0 atom stereocenters. The molecule has 4 rings (SSSR count). The second kappa shape index (κ2) is 6.62. The highest BCUT2D eigenvalue weighted by Crippen LogP contribution is 2.40. The summed E-state index contributed by atoms with van der Waals surface area (Å²) in [4.78, 5) is 16.8. The van der Waals surface area contributed by atoms with E-state index in [1.165, 1.54) is 10.9 Å². The summed E-state index contributed by atoms with van der Waals surface area (Å²) in [5.74, 6) is 0.150. The third-order valence-electron chi connectivity index (χ3n) is 4.34. The Kier molecular flexibility index (Phi) is 4.15. The molecule has 0 radical (unpaired) electrons. The molecule has 0 fully saturated rings. The van der Waals surface area contributed by atoms with E-state index in [1.54, 1.807) is 47.9 Å². The van der Waals surface area contributed by atoms with Gasteiger partial charge in [-0.2, -0.15) is 5.26 Å². The van der Waals surface area contributed by atoms with Gasteiger partial charge in [0.05, 0.1) is 17.3 Å². The molecule has 26 heavy (non-hydrogen) atoms. The number of fused-ring (bicyclic) bond motifs is 1. The molecule has 6 heteroatoms. The summed E-state index contributed by atoms with van der Waals surface area (Å²) in [6.45, 7) is 0. The molecule has 3 aromatic rings. The highest BCUT2D eigenvalue weighted by Gasteiger charge is 2.21. The van der Waals surface area contributed by atoms with Crippen LogP contribution in [0.2, 0.25) is 0 Å². The van der Waals surface area contributed by atoms with Crippen molar-refractivity contribution in [2.45, 2.75) is 19.3 Å². The van der Waals surface area contributed by atoms with E-state index in [2.05, 4.69) is 11.1 Å². The largest absolute Gasteiger partial charge is 0.478 e. The normalized spacial score (nSPS) is 13.0. The Morgan fingerprint density at radius 2 is 2.19 bits per heavy atom. The minimum atomic E-state index is -0.977. The van der Waals surface area contributed by atoms with Gasteiger partial charge in [0.15, 0.2) is 0 Å². The van der Waals surface area contributed by atoms with E-state index in [0.29, 0.717) is 22.6 Å². The fourth-order valence-corrected chi connectivity index (χ4v) is 4.28. The first-order chi connectivity index (χ1) is 12.7. The number of nitrogens with zero attached hydrogens (tertiary/aromatic N) is 2. The number of furan rings is 1. The Bertz CT molecular complexity index is 1070. The van der Waals surface area contributed by atoms with Crippen LogP contribution in [0, 0.1) is 11.3 Å². The molecule has 0 spiro atoms. The fraction of sp³-hybridized carbons (Fsp3) is 0.150. The summed E-state index contributed by atoms with van der Waals surface area (Å²) in [6.07, 6.45) is 4.69. The predicted octanol–water partition coefficient (Wildman–Crippen LogP) is 4.82. The minimum absolute atomic E-state index is 0.209. The Labute approximate surface area is 153 Å². The Hall–Kier alpha value is -3.17. The first kappa shape index (κ1) is 16.3. The Morgan fingerprint density at radius 1 is 1.31 bits per heavy atom. The summed E-state index contributed by atoms with van der Waals surface area (Å²) in [7, 11) is 0. The maximum atomic E-state index is 11.1. The average molecular weight is 362 g/mol.